The molecule has 2 aliphatic rings. The zero-order valence-corrected chi connectivity index (χ0v) is 18.4. The molecule has 3 heterocycles. The summed E-state index contributed by atoms with van der Waals surface area (Å²) in [5.74, 6) is 1.35. The zero-order valence-electron chi connectivity index (χ0n) is 16.8. The van der Waals surface area contributed by atoms with Crippen molar-refractivity contribution in [1.82, 2.24) is 14.7 Å². The second-order valence-corrected chi connectivity index (χ2v) is 8.79. The van der Waals surface area contributed by atoms with Crippen LogP contribution in [0.25, 0.3) is 23.0 Å². The maximum atomic E-state index is 12.9. The average Bonchev–Trinajstić information content (AvgIpc) is 3.49. The van der Waals surface area contributed by atoms with Crippen LogP contribution in [0.3, 0.4) is 0 Å². The first kappa shape index (κ1) is 19.8. The molecule has 0 aliphatic carbocycles. The third-order valence-corrected chi connectivity index (χ3v) is 6.39. The van der Waals surface area contributed by atoms with Crippen LogP contribution in [0.15, 0.2) is 59.6 Å². The molecule has 1 fully saturated rings. The van der Waals surface area contributed by atoms with Gasteiger partial charge >= 0.3 is 0 Å². The third kappa shape index (κ3) is 3.73. The van der Waals surface area contributed by atoms with E-state index in [2.05, 4.69) is 0 Å². The number of ether oxygens (including phenoxy) is 2. The molecule has 0 atom stereocenters. The lowest BCUT2D eigenvalue weighted by Gasteiger charge is -2.11. The van der Waals surface area contributed by atoms with Crippen molar-refractivity contribution in [3.8, 4) is 28.4 Å². The van der Waals surface area contributed by atoms with Gasteiger partial charge in [0.25, 0.3) is 5.91 Å². The summed E-state index contributed by atoms with van der Waals surface area (Å²) < 4.78 is 13.4. The molecule has 6 nitrogen and oxygen atoms in total. The summed E-state index contributed by atoms with van der Waals surface area (Å²) in [6.07, 6.45) is 4.66. The van der Waals surface area contributed by atoms with Crippen molar-refractivity contribution >= 4 is 40.3 Å². The van der Waals surface area contributed by atoms with Crippen molar-refractivity contribution in [2.45, 2.75) is 13.3 Å². The van der Waals surface area contributed by atoms with Crippen LogP contribution in [0.4, 0.5) is 0 Å². The Morgan fingerprint density at radius 3 is 2.77 bits per heavy atom. The minimum absolute atomic E-state index is 0.0547. The number of thioether (sulfide) groups is 1. The largest absolute Gasteiger partial charge is 0.454 e. The first-order valence-electron chi connectivity index (χ1n) is 9.94. The van der Waals surface area contributed by atoms with Gasteiger partial charge in [0.15, 0.2) is 11.5 Å². The zero-order chi connectivity index (χ0) is 21.4. The van der Waals surface area contributed by atoms with Gasteiger partial charge < -0.3 is 9.47 Å². The van der Waals surface area contributed by atoms with Crippen LogP contribution >= 0.6 is 24.0 Å². The SMILES string of the molecule is CCCN1C(=O)/C(=C/c2cn(-c3ccccc3)nc2-c2ccc3c(c2)OCO3)SC1=S. The van der Waals surface area contributed by atoms with E-state index in [9.17, 15) is 4.79 Å². The van der Waals surface area contributed by atoms with Gasteiger partial charge in [-0.1, -0.05) is 49.1 Å². The van der Waals surface area contributed by atoms with Gasteiger partial charge in [0.1, 0.15) is 10.0 Å². The van der Waals surface area contributed by atoms with Crippen LogP contribution in [-0.4, -0.2) is 38.2 Å². The Hall–Kier alpha value is -3.10. The standard InChI is InChI=1S/C23H19N3O3S2/c1-2-10-25-22(27)20(31-23(25)30)12-16-13-26(17-6-4-3-5-7-17)24-21(16)15-8-9-18-19(11-15)29-14-28-18/h3-9,11-13H,2,10,14H2,1H3/b20-12-. The molecule has 2 aliphatic heterocycles. The van der Waals surface area contributed by atoms with Crippen molar-refractivity contribution in [2.24, 2.45) is 0 Å². The number of nitrogens with zero attached hydrogens (tertiary/aromatic N) is 3. The molecule has 1 saturated heterocycles. The Balaban J connectivity index is 1.60. The topological polar surface area (TPSA) is 56.6 Å². The Morgan fingerprint density at radius 1 is 1.16 bits per heavy atom. The number of aromatic nitrogens is 2. The van der Waals surface area contributed by atoms with Crippen LogP contribution in [0.1, 0.15) is 18.9 Å². The summed E-state index contributed by atoms with van der Waals surface area (Å²) in [7, 11) is 0. The molecule has 2 aromatic carbocycles. The summed E-state index contributed by atoms with van der Waals surface area (Å²) >= 11 is 6.75. The molecule has 0 radical (unpaired) electrons. The molecule has 0 saturated carbocycles. The van der Waals surface area contributed by atoms with E-state index in [1.54, 1.807) is 4.90 Å². The molecule has 0 spiro atoms. The molecule has 0 bridgehead atoms. The predicted octanol–water partition coefficient (Wildman–Crippen LogP) is 4.88. The normalized spacial score (nSPS) is 16.5. The van der Waals surface area contributed by atoms with Crippen LogP contribution in [0.2, 0.25) is 0 Å². The summed E-state index contributed by atoms with van der Waals surface area (Å²) in [4.78, 5) is 15.1. The van der Waals surface area contributed by atoms with Crippen molar-refractivity contribution in [3.63, 3.8) is 0 Å². The Labute approximate surface area is 189 Å². The number of thiocarbonyl (C=S) groups is 1. The highest BCUT2D eigenvalue weighted by Gasteiger charge is 2.31. The van der Waals surface area contributed by atoms with Crippen molar-refractivity contribution in [3.05, 3.63) is 65.2 Å². The number of hydrogen-bond donors (Lipinski definition) is 0. The van der Waals surface area contributed by atoms with E-state index in [1.165, 1.54) is 11.8 Å². The second kappa shape index (κ2) is 8.20. The van der Waals surface area contributed by atoms with Gasteiger partial charge in [-0.2, -0.15) is 5.10 Å². The van der Waals surface area contributed by atoms with Gasteiger partial charge in [0, 0.05) is 23.9 Å². The second-order valence-electron chi connectivity index (χ2n) is 7.11. The molecule has 156 valence electrons. The molecule has 5 rings (SSSR count). The summed E-state index contributed by atoms with van der Waals surface area (Å²) in [5.41, 5.74) is 3.40. The van der Waals surface area contributed by atoms with Crippen LogP contribution < -0.4 is 9.47 Å². The minimum atomic E-state index is -0.0547. The number of benzene rings is 2. The lowest BCUT2D eigenvalue weighted by atomic mass is 10.1. The molecule has 1 amide bonds. The molecule has 8 heteroatoms. The fraction of sp³-hybridized carbons (Fsp3) is 0.174. The lowest BCUT2D eigenvalue weighted by Crippen LogP contribution is -2.28. The fourth-order valence-electron chi connectivity index (χ4n) is 3.53. The van der Waals surface area contributed by atoms with E-state index in [0.29, 0.717) is 27.3 Å². The fourth-order valence-corrected chi connectivity index (χ4v) is 4.83. The maximum absolute atomic E-state index is 12.9. The van der Waals surface area contributed by atoms with Gasteiger partial charge in [-0.15, -0.1) is 0 Å². The monoisotopic (exact) mass is 449 g/mol. The van der Waals surface area contributed by atoms with E-state index < -0.39 is 0 Å². The lowest BCUT2D eigenvalue weighted by molar-refractivity contribution is -0.122. The predicted molar refractivity (Wildman–Crippen MR) is 125 cm³/mol. The Bertz CT molecular complexity index is 1200. The highest BCUT2D eigenvalue weighted by Crippen LogP contribution is 2.38. The minimum Gasteiger partial charge on any atom is -0.454 e. The molecular formula is C23H19N3O3S2. The van der Waals surface area contributed by atoms with Gasteiger partial charge in [-0.3, -0.25) is 9.69 Å². The number of hydrogen-bond acceptors (Lipinski definition) is 6. The van der Waals surface area contributed by atoms with E-state index >= 15 is 0 Å². The van der Waals surface area contributed by atoms with Crippen LogP contribution in [-0.2, 0) is 4.79 Å². The van der Waals surface area contributed by atoms with E-state index in [4.69, 9.17) is 26.8 Å². The number of carbonyl (C=O) groups excluding carboxylic acids is 1. The summed E-state index contributed by atoms with van der Waals surface area (Å²) in [6, 6.07) is 15.6. The van der Waals surface area contributed by atoms with Gasteiger partial charge in [-0.05, 0) is 42.8 Å². The maximum Gasteiger partial charge on any atom is 0.266 e. The highest BCUT2D eigenvalue weighted by molar-refractivity contribution is 8.26. The molecule has 0 unspecified atom stereocenters. The number of para-hydroxylation sites is 1. The van der Waals surface area contributed by atoms with Crippen molar-refractivity contribution < 1.29 is 14.3 Å². The number of rotatable bonds is 5. The summed E-state index contributed by atoms with van der Waals surface area (Å²) in [5, 5.41) is 4.83. The Kier molecular flexibility index (Phi) is 5.25. The number of fused-ring (bicyclic) bond motifs is 1. The number of amides is 1. The van der Waals surface area contributed by atoms with Crippen molar-refractivity contribution in [1.29, 1.82) is 0 Å². The summed E-state index contributed by atoms with van der Waals surface area (Å²) in [6.45, 7) is 2.87. The van der Waals surface area contributed by atoms with E-state index in [0.717, 1.165) is 28.9 Å². The van der Waals surface area contributed by atoms with Gasteiger partial charge in [-0.25, -0.2) is 4.68 Å². The number of carbonyl (C=O) groups is 1. The smallest absolute Gasteiger partial charge is 0.266 e. The van der Waals surface area contributed by atoms with Gasteiger partial charge in [0.2, 0.25) is 6.79 Å². The van der Waals surface area contributed by atoms with Gasteiger partial charge in [0.05, 0.1) is 10.6 Å². The van der Waals surface area contributed by atoms with Crippen LogP contribution in [0, 0.1) is 0 Å². The third-order valence-electron chi connectivity index (χ3n) is 5.02. The first-order chi connectivity index (χ1) is 15.1. The highest BCUT2D eigenvalue weighted by atomic mass is 32.2. The van der Waals surface area contributed by atoms with Crippen molar-refractivity contribution in [2.75, 3.05) is 13.3 Å². The van der Waals surface area contributed by atoms with E-state index in [-0.39, 0.29) is 12.7 Å². The average molecular weight is 450 g/mol. The molecule has 3 aromatic rings. The van der Waals surface area contributed by atoms with Crippen LogP contribution in [0.5, 0.6) is 11.5 Å². The Morgan fingerprint density at radius 2 is 1.97 bits per heavy atom. The molecular weight excluding hydrogens is 430 g/mol. The van der Waals surface area contributed by atoms with E-state index in [1.807, 2.05) is 72.4 Å². The quantitative estimate of drug-likeness (QED) is 0.409. The first-order valence-corrected chi connectivity index (χ1v) is 11.2. The molecule has 1 aromatic heterocycles. The molecule has 31 heavy (non-hydrogen) atoms. The molecule has 0 N–H and O–H groups in total.